The number of carbonyl (C=O) groups excluding carboxylic acids is 1. The van der Waals surface area contributed by atoms with Crippen LogP contribution in [-0.2, 0) is 4.79 Å². The second-order valence-corrected chi connectivity index (χ2v) is 5.21. The third-order valence-electron chi connectivity index (χ3n) is 1.68. The monoisotopic (exact) mass is 254 g/mol. The van der Waals surface area contributed by atoms with Gasteiger partial charge in [0.25, 0.3) is 0 Å². The molecule has 3 nitrogen and oxygen atoms in total. The van der Waals surface area contributed by atoms with Gasteiger partial charge < -0.3 is 5.11 Å². The highest BCUT2D eigenvalue weighted by molar-refractivity contribution is 8.13. The summed E-state index contributed by atoms with van der Waals surface area (Å²) in [6.45, 7) is 3.32. The normalized spacial score (nSPS) is 9.38. The van der Waals surface area contributed by atoms with Gasteiger partial charge in [0.05, 0.1) is 10.6 Å². The number of aryl methyl sites for hydroxylation is 1. The highest BCUT2D eigenvalue weighted by Crippen LogP contribution is 2.20. The fraction of sp³-hybridized carbons (Fsp3) is 0.273. The van der Waals surface area contributed by atoms with Crippen molar-refractivity contribution >= 4 is 34.2 Å². The van der Waals surface area contributed by atoms with Gasteiger partial charge in [-0.1, -0.05) is 23.6 Å². The molecule has 1 aromatic rings. The second kappa shape index (κ2) is 5.73. The first-order chi connectivity index (χ1) is 7.50. The molecular formula is C11H10O3S2. The van der Waals surface area contributed by atoms with Crippen LogP contribution in [0.2, 0.25) is 0 Å². The van der Waals surface area contributed by atoms with Crippen molar-refractivity contribution in [2.75, 3.05) is 5.75 Å². The molecule has 16 heavy (non-hydrogen) atoms. The Morgan fingerprint density at radius 2 is 2.25 bits per heavy atom. The number of carboxylic acid groups (broad SMARTS) is 1. The van der Waals surface area contributed by atoms with Crippen LogP contribution < -0.4 is 0 Å². The molecule has 0 amide bonds. The maximum Gasteiger partial charge on any atom is 0.345 e. The van der Waals surface area contributed by atoms with Crippen molar-refractivity contribution in [2.45, 2.75) is 13.8 Å². The van der Waals surface area contributed by atoms with Gasteiger partial charge in [-0.2, -0.15) is 0 Å². The van der Waals surface area contributed by atoms with E-state index in [-0.39, 0.29) is 5.12 Å². The number of hydrogen-bond acceptors (Lipinski definition) is 4. The van der Waals surface area contributed by atoms with Crippen molar-refractivity contribution in [3.8, 4) is 11.8 Å². The molecule has 0 aliphatic heterocycles. The number of carbonyl (C=O) groups is 2. The Morgan fingerprint density at radius 3 is 2.75 bits per heavy atom. The molecule has 0 spiro atoms. The zero-order chi connectivity index (χ0) is 12.1. The largest absolute Gasteiger partial charge is 0.477 e. The van der Waals surface area contributed by atoms with Gasteiger partial charge >= 0.3 is 5.97 Å². The molecule has 0 saturated carbocycles. The van der Waals surface area contributed by atoms with Gasteiger partial charge in [0.1, 0.15) is 4.88 Å². The van der Waals surface area contributed by atoms with E-state index in [1.807, 2.05) is 6.92 Å². The maximum atomic E-state index is 10.7. The minimum absolute atomic E-state index is 0.0310. The first-order valence-corrected chi connectivity index (χ1v) is 6.27. The third kappa shape index (κ3) is 3.72. The molecular weight excluding hydrogens is 244 g/mol. The standard InChI is InChI=1S/C11H10O3S2/c1-7-6-10(11(13)14)16-9(7)4-3-5-15-8(2)12/h6H,5H2,1-2H3,(H,13,14). The topological polar surface area (TPSA) is 54.4 Å². The van der Waals surface area contributed by atoms with Crippen molar-refractivity contribution in [3.63, 3.8) is 0 Å². The number of thioether (sulfide) groups is 1. The lowest BCUT2D eigenvalue weighted by atomic mass is 10.3. The lowest BCUT2D eigenvalue weighted by Gasteiger charge is -1.85. The van der Waals surface area contributed by atoms with Crippen LogP contribution in [0.5, 0.6) is 0 Å². The molecule has 0 saturated heterocycles. The Morgan fingerprint density at radius 1 is 1.56 bits per heavy atom. The van der Waals surface area contributed by atoms with Crippen LogP contribution in [0.25, 0.3) is 0 Å². The van der Waals surface area contributed by atoms with Crippen LogP contribution >= 0.6 is 23.1 Å². The Kier molecular flexibility index (Phi) is 4.59. The molecule has 1 heterocycles. The Bertz CT molecular complexity index is 477. The first kappa shape index (κ1) is 12.8. The van der Waals surface area contributed by atoms with Crippen LogP contribution in [0.4, 0.5) is 0 Å². The summed E-state index contributed by atoms with van der Waals surface area (Å²) in [6, 6.07) is 1.61. The van der Waals surface area contributed by atoms with E-state index in [2.05, 4.69) is 11.8 Å². The highest BCUT2D eigenvalue weighted by atomic mass is 32.2. The van der Waals surface area contributed by atoms with Crippen molar-refractivity contribution in [1.82, 2.24) is 0 Å². The van der Waals surface area contributed by atoms with Crippen molar-refractivity contribution in [1.29, 1.82) is 0 Å². The van der Waals surface area contributed by atoms with Crippen molar-refractivity contribution in [2.24, 2.45) is 0 Å². The van der Waals surface area contributed by atoms with E-state index < -0.39 is 5.97 Å². The van der Waals surface area contributed by atoms with Crippen LogP contribution in [0.1, 0.15) is 27.0 Å². The van der Waals surface area contributed by atoms with Gasteiger partial charge in [-0.05, 0) is 18.6 Å². The van der Waals surface area contributed by atoms with Gasteiger partial charge in [0.15, 0.2) is 5.12 Å². The SMILES string of the molecule is CC(=O)SCC#Cc1sc(C(=O)O)cc1C. The number of thiophene rings is 1. The van der Waals surface area contributed by atoms with Crippen LogP contribution in [0, 0.1) is 18.8 Å². The number of carboxylic acids is 1. The molecule has 84 valence electrons. The van der Waals surface area contributed by atoms with Crippen LogP contribution in [0.3, 0.4) is 0 Å². The molecule has 0 fully saturated rings. The molecule has 0 unspecified atom stereocenters. The van der Waals surface area contributed by atoms with Gasteiger partial charge in [-0.15, -0.1) is 11.3 Å². The zero-order valence-corrected chi connectivity index (χ0v) is 10.5. The summed E-state index contributed by atoms with van der Waals surface area (Å²) in [6.07, 6.45) is 0. The van der Waals surface area contributed by atoms with E-state index in [9.17, 15) is 9.59 Å². The zero-order valence-electron chi connectivity index (χ0n) is 8.86. The third-order valence-corrected chi connectivity index (χ3v) is 3.51. The molecule has 0 aliphatic rings. The Labute approximate surface area is 102 Å². The lowest BCUT2D eigenvalue weighted by molar-refractivity contribution is -0.109. The Balaban J connectivity index is 2.73. The van der Waals surface area contributed by atoms with E-state index in [1.165, 1.54) is 6.92 Å². The molecule has 0 aliphatic carbocycles. The summed E-state index contributed by atoms with van der Waals surface area (Å²) in [5, 5.41) is 8.81. The average Bonchev–Trinajstić information content (AvgIpc) is 2.55. The molecule has 0 radical (unpaired) electrons. The molecule has 5 heteroatoms. The molecule has 1 rings (SSSR count). The fourth-order valence-corrected chi connectivity index (χ4v) is 2.20. The predicted molar refractivity (Wildman–Crippen MR) is 66.0 cm³/mol. The van der Waals surface area contributed by atoms with Gasteiger partial charge in [0.2, 0.25) is 0 Å². The quantitative estimate of drug-likeness (QED) is 0.823. The minimum Gasteiger partial charge on any atom is -0.477 e. The molecule has 0 atom stereocenters. The van der Waals surface area contributed by atoms with E-state index in [4.69, 9.17) is 5.11 Å². The van der Waals surface area contributed by atoms with E-state index in [0.29, 0.717) is 10.6 Å². The molecule has 0 bridgehead atoms. The van der Waals surface area contributed by atoms with E-state index in [1.54, 1.807) is 6.07 Å². The second-order valence-electron chi connectivity index (χ2n) is 3.01. The van der Waals surface area contributed by atoms with Crippen LogP contribution in [0.15, 0.2) is 6.07 Å². The summed E-state index contributed by atoms with van der Waals surface area (Å²) < 4.78 is 0. The first-order valence-electron chi connectivity index (χ1n) is 4.46. The van der Waals surface area contributed by atoms with Crippen molar-refractivity contribution in [3.05, 3.63) is 21.4 Å². The molecule has 0 aromatic carbocycles. The molecule has 1 aromatic heterocycles. The highest BCUT2D eigenvalue weighted by Gasteiger charge is 2.08. The van der Waals surface area contributed by atoms with Gasteiger partial charge in [-0.3, -0.25) is 4.79 Å². The Hall–Kier alpha value is -1.25. The summed E-state index contributed by atoms with van der Waals surface area (Å²) in [7, 11) is 0. The predicted octanol–water partition coefficient (Wildman–Crippen LogP) is 2.39. The smallest absolute Gasteiger partial charge is 0.345 e. The summed E-state index contributed by atoms with van der Waals surface area (Å²) >= 11 is 2.30. The number of aromatic carboxylic acids is 1. The summed E-state index contributed by atoms with van der Waals surface area (Å²) in [5.74, 6) is 5.22. The maximum absolute atomic E-state index is 10.7. The summed E-state index contributed by atoms with van der Waals surface area (Å²) in [5.41, 5.74) is 0.864. The summed E-state index contributed by atoms with van der Waals surface area (Å²) in [4.78, 5) is 22.4. The van der Waals surface area contributed by atoms with E-state index in [0.717, 1.165) is 33.5 Å². The number of hydrogen-bond donors (Lipinski definition) is 1. The molecule has 1 N–H and O–H groups in total. The average molecular weight is 254 g/mol. The van der Waals surface area contributed by atoms with E-state index >= 15 is 0 Å². The lowest BCUT2D eigenvalue weighted by Crippen LogP contribution is -1.89. The fourth-order valence-electron chi connectivity index (χ4n) is 0.966. The van der Waals surface area contributed by atoms with Gasteiger partial charge in [0, 0.05) is 6.92 Å². The van der Waals surface area contributed by atoms with Crippen molar-refractivity contribution < 1.29 is 14.7 Å². The van der Waals surface area contributed by atoms with Crippen LogP contribution in [-0.4, -0.2) is 21.9 Å². The van der Waals surface area contributed by atoms with Gasteiger partial charge in [-0.25, -0.2) is 4.79 Å². The minimum atomic E-state index is -0.931. The number of rotatable bonds is 2.